The largest absolute Gasteiger partial charge is 0.369 e. The van der Waals surface area contributed by atoms with Crippen molar-refractivity contribution in [2.45, 2.75) is 33.6 Å². The summed E-state index contributed by atoms with van der Waals surface area (Å²) in [5.74, 6) is 1.64. The number of hydrogen-bond donors (Lipinski definition) is 1. The van der Waals surface area contributed by atoms with Gasteiger partial charge >= 0.3 is 0 Å². The molecule has 3 nitrogen and oxygen atoms in total. The minimum atomic E-state index is 0.770. The number of nitrogens with zero attached hydrogens (tertiary/aromatic N) is 2. The van der Waals surface area contributed by atoms with Gasteiger partial charge in [-0.15, -0.1) is 0 Å². The van der Waals surface area contributed by atoms with E-state index in [0.717, 1.165) is 46.8 Å². The van der Waals surface area contributed by atoms with Crippen molar-refractivity contribution in [2.75, 3.05) is 11.9 Å². The lowest BCUT2D eigenvalue weighted by atomic mass is 10.1. The molecule has 0 spiro atoms. The topological polar surface area (TPSA) is 37.8 Å². The van der Waals surface area contributed by atoms with E-state index in [4.69, 9.17) is 0 Å². The third-order valence-electron chi connectivity index (χ3n) is 3.18. The third kappa shape index (κ3) is 3.37. The van der Waals surface area contributed by atoms with E-state index in [1.54, 1.807) is 0 Å². The predicted octanol–water partition coefficient (Wildman–Crippen LogP) is 4.60. The van der Waals surface area contributed by atoms with E-state index in [-0.39, 0.29) is 0 Å². The second-order valence-corrected chi connectivity index (χ2v) is 5.57. The Morgan fingerprint density at radius 3 is 2.40 bits per heavy atom. The molecule has 0 amide bonds. The van der Waals surface area contributed by atoms with Crippen LogP contribution in [0.15, 0.2) is 28.7 Å². The fourth-order valence-corrected chi connectivity index (χ4v) is 2.26. The maximum absolute atomic E-state index is 4.63. The third-order valence-corrected chi connectivity index (χ3v) is 4.13. The van der Waals surface area contributed by atoms with Gasteiger partial charge in [0.25, 0.3) is 0 Å². The Hall–Kier alpha value is -1.42. The molecule has 0 saturated heterocycles. The summed E-state index contributed by atoms with van der Waals surface area (Å²) in [5, 5.41) is 3.34. The summed E-state index contributed by atoms with van der Waals surface area (Å²) in [7, 11) is 0. The van der Waals surface area contributed by atoms with Crippen molar-refractivity contribution in [1.29, 1.82) is 0 Å². The number of anilines is 1. The van der Waals surface area contributed by atoms with Crippen LogP contribution in [0.25, 0.3) is 11.4 Å². The fourth-order valence-electron chi connectivity index (χ4n) is 1.94. The van der Waals surface area contributed by atoms with Crippen LogP contribution in [-0.2, 0) is 6.42 Å². The summed E-state index contributed by atoms with van der Waals surface area (Å²) >= 11 is 3.55. The normalized spacial score (nSPS) is 10.6. The molecule has 0 aliphatic heterocycles. The number of aromatic nitrogens is 2. The number of rotatable bonds is 5. The first-order valence-corrected chi connectivity index (χ1v) is 7.82. The van der Waals surface area contributed by atoms with Gasteiger partial charge < -0.3 is 5.32 Å². The smallest absolute Gasteiger partial charge is 0.161 e. The molecule has 0 unspecified atom stereocenters. The van der Waals surface area contributed by atoms with Gasteiger partial charge in [0.05, 0.1) is 10.2 Å². The Kier molecular flexibility index (Phi) is 5.12. The van der Waals surface area contributed by atoms with Gasteiger partial charge in [-0.3, -0.25) is 0 Å². The van der Waals surface area contributed by atoms with E-state index in [1.807, 2.05) is 6.92 Å². The zero-order chi connectivity index (χ0) is 14.5. The van der Waals surface area contributed by atoms with Crippen LogP contribution in [0.2, 0.25) is 0 Å². The van der Waals surface area contributed by atoms with E-state index < -0.39 is 0 Å². The summed E-state index contributed by atoms with van der Waals surface area (Å²) in [5.41, 5.74) is 3.33. The summed E-state index contributed by atoms with van der Waals surface area (Å²) in [6.45, 7) is 7.19. The van der Waals surface area contributed by atoms with Gasteiger partial charge in [0.1, 0.15) is 5.82 Å². The Morgan fingerprint density at radius 2 is 1.80 bits per heavy atom. The predicted molar refractivity (Wildman–Crippen MR) is 88.1 cm³/mol. The molecule has 0 aliphatic rings. The lowest BCUT2D eigenvalue weighted by molar-refractivity contribution is 0.958. The number of hydrogen-bond acceptors (Lipinski definition) is 3. The van der Waals surface area contributed by atoms with Crippen molar-refractivity contribution in [3.63, 3.8) is 0 Å². The van der Waals surface area contributed by atoms with Gasteiger partial charge in [-0.05, 0) is 41.3 Å². The number of benzene rings is 1. The number of halogens is 1. The highest BCUT2D eigenvalue weighted by molar-refractivity contribution is 9.10. The maximum Gasteiger partial charge on any atom is 0.161 e. The van der Waals surface area contributed by atoms with E-state index >= 15 is 0 Å². The second kappa shape index (κ2) is 6.84. The van der Waals surface area contributed by atoms with E-state index in [9.17, 15) is 0 Å². The molecule has 0 fully saturated rings. The lowest BCUT2D eigenvalue weighted by Gasteiger charge is -2.11. The monoisotopic (exact) mass is 333 g/mol. The minimum Gasteiger partial charge on any atom is -0.369 e. The van der Waals surface area contributed by atoms with E-state index in [2.05, 4.69) is 69.3 Å². The van der Waals surface area contributed by atoms with Crippen LogP contribution >= 0.6 is 15.9 Å². The standard InChI is InChI=1S/C16H20BrN3/c1-4-10-18-16-14(17)11(3)19-15(20-16)13-8-6-12(5-2)7-9-13/h6-9H,4-5,10H2,1-3H3,(H,18,19,20). The number of nitrogens with one attached hydrogen (secondary N) is 1. The highest BCUT2D eigenvalue weighted by atomic mass is 79.9. The van der Waals surface area contributed by atoms with Crippen LogP contribution in [0.1, 0.15) is 31.5 Å². The van der Waals surface area contributed by atoms with E-state index in [1.165, 1.54) is 5.56 Å². The molecule has 0 atom stereocenters. The molecule has 106 valence electrons. The van der Waals surface area contributed by atoms with Crippen LogP contribution in [0.4, 0.5) is 5.82 Å². The average molecular weight is 334 g/mol. The first-order chi connectivity index (χ1) is 9.65. The molecule has 0 radical (unpaired) electrons. The van der Waals surface area contributed by atoms with Crippen molar-refractivity contribution in [3.05, 3.63) is 40.0 Å². The zero-order valence-corrected chi connectivity index (χ0v) is 13.8. The summed E-state index contributed by atoms with van der Waals surface area (Å²) in [6.07, 6.45) is 2.11. The van der Waals surface area contributed by atoms with Crippen molar-refractivity contribution < 1.29 is 0 Å². The Morgan fingerprint density at radius 1 is 1.10 bits per heavy atom. The number of aryl methyl sites for hydroxylation is 2. The van der Waals surface area contributed by atoms with Crippen LogP contribution in [0.5, 0.6) is 0 Å². The molecule has 1 aromatic carbocycles. The highest BCUT2D eigenvalue weighted by Crippen LogP contribution is 2.26. The van der Waals surface area contributed by atoms with Crippen LogP contribution < -0.4 is 5.32 Å². The molecule has 1 heterocycles. The van der Waals surface area contributed by atoms with Crippen LogP contribution in [0.3, 0.4) is 0 Å². The van der Waals surface area contributed by atoms with Crippen molar-refractivity contribution in [2.24, 2.45) is 0 Å². The highest BCUT2D eigenvalue weighted by Gasteiger charge is 2.10. The average Bonchev–Trinajstić information content (AvgIpc) is 2.48. The Balaban J connectivity index is 2.37. The van der Waals surface area contributed by atoms with E-state index in [0.29, 0.717) is 0 Å². The Labute approximate surface area is 129 Å². The molecular formula is C16H20BrN3. The van der Waals surface area contributed by atoms with Crippen molar-refractivity contribution >= 4 is 21.7 Å². The van der Waals surface area contributed by atoms with Gasteiger partial charge in [-0.25, -0.2) is 9.97 Å². The molecule has 20 heavy (non-hydrogen) atoms. The van der Waals surface area contributed by atoms with Crippen LogP contribution in [0, 0.1) is 6.92 Å². The molecule has 0 saturated carbocycles. The second-order valence-electron chi connectivity index (χ2n) is 4.77. The molecule has 1 aromatic heterocycles. The van der Waals surface area contributed by atoms with Gasteiger partial charge in [-0.2, -0.15) is 0 Å². The minimum absolute atomic E-state index is 0.770. The molecule has 4 heteroatoms. The molecule has 0 bridgehead atoms. The lowest BCUT2D eigenvalue weighted by Crippen LogP contribution is -2.06. The van der Waals surface area contributed by atoms with Gasteiger partial charge in [0, 0.05) is 12.1 Å². The summed E-state index contributed by atoms with van der Waals surface area (Å²) < 4.78 is 0.944. The molecular weight excluding hydrogens is 314 g/mol. The summed E-state index contributed by atoms with van der Waals surface area (Å²) in [4.78, 5) is 9.20. The molecule has 0 aliphatic carbocycles. The molecule has 2 rings (SSSR count). The first-order valence-electron chi connectivity index (χ1n) is 7.03. The first kappa shape index (κ1) is 15.0. The van der Waals surface area contributed by atoms with Gasteiger partial charge in [-0.1, -0.05) is 38.1 Å². The van der Waals surface area contributed by atoms with Gasteiger partial charge in [0.15, 0.2) is 5.82 Å². The summed E-state index contributed by atoms with van der Waals surface area (Å²) in [6, 6.07) is 8.45. The molecule has 1 N–H and O–H groups in total. The maximum atomic E-state index is 4.63. The van der Waals surface area contributed by atoms with Crippen LogP contribution in [-0.4, -0.2) is 16.5 Å². The SMILES string of the molecule is CCCNc1nc(-c2ccc(CC)cc2)nc(C)c1Br. The van der Waals surface area contributed by atoms with Crippen molar-refractivity contribution in [1.82, 2.24) is 9.97 Å². The quantitative estimate of drug-likeness (QED) is 0.868. The Bertz CT molecular complexity index is 579. The fraction of sp³-hybridized carbons (Fsp3) is 0.375. The zero-order valence-electron chi connectivity index (χ0n) is 12.2. The molecule has 2 aromatic rings. The van der Waals surface area contributed by atoms with Gasteiger partial charge in [0.2, 0.25) is 0 Å². The van der Waals surface area contributed by atoms with Crippen molar-refractivity contribution in [3.8, 4) is 11.4 Å².